The van der Waals surface area contributed by atoms with E-state index in [0.29, 0.717) is 6.42 Å². The van der Waals surface area contributed by atoms with Crippen LogP contribution in [-0.4, -0.2) is 46.2 Å². The molecular weight excluding hydrogens is 377 g/mol. The van der Waals surface area contributed by atoms with Crippen LogP contribution in [0.2, 0.25) is 0 Å². The molecule has 0 fully saturated rings. The number of amides is 2. The maximum atomic E-state index is 13.4. The van der Waals surface area contributed by atoms with Gasteiger partial charge in [0.1, 0.15) is 0 Å². The van der Waals surface area contributed by atoms with Crippen molar-refractivity contribution >= 4 is 17.5 Å². The molecule has 0 aliphatic carbocycles. The number of alkyl halides is 7. The maximum absolute atomic E-state index is 13.4. The average molecular weight is 392 g/mol. The van der Waals surface area contributed by atoms with Gasteiger partial charge in [0.15, 0.2) is 5.69 Å². The summed E-state index contributed by atoms with van der Waals surface area (Å²) in [6.45, 7) is 3.50. The molecule has 1 aromatic rings. The Morgan fingerprint density at radius 1 is 1.12 bits per heavy atom. The van der Waals surface area contributed by atoms with Crippen molar-refractivity contribution in [3.8, 4) is 0 Å². The third-order valence-corrected chi connectivity index (χ3v) is 3.12. The first-order valence-corrected chi connectivity index (χ1v) is 7.29. The van der Waals surface area contributed by atoms with E-state index in [2.05, 4.69) is 10.4 Å². The zero-order valence-electron chi connectivity index (χ0n) is 13.6. The fourth-order valence-corrected chi connectivity index (χ4v) is 1.69. The number of anilines is 1. The molecule has 1 heterocycles. The molecule has 1 rings (SSSR count). The first kappa shape index (κ1) is 21.7. The monoisotopic (exact) mass is 392 g/mol. The second-order valence-electron chi connectivity index (χ2n) is 5.10. The fraction of sp³-hybridized carbons (Fsp3) is 0.615. The van der Waals surface area contributed by atoms with E-state index in [0.717, 1.165) is 10.9 Å². The number of aromatic nitrogens is 2. The van der Waals surface area contributed by atoms with Crippen LogP contribution in [0.1, 0.15) is 30.8 Å². The second kappa shape index (κ2) is 7.50. The lowest BCUT2D eigenvalue weighted by Crippen LogP contribution is -2.57. The topological polar surface area (TPSA) is 76.0 Å². The van der Waals surface area contributed by atoms with Crippen LogP contribution < -0.4 is 10.6 Å². The van der Waals surface area contributed by atoms with Gasteiger partial charge >= 0.3 is 23.9 Å². The smallest absolute Gasteiger partial charge is 0.351 e. The lowest BCUT2D eigenvalue weighted by atomic mass is 10.1. The van der Waals surface area contributed by atoms with Gasteiger partial charge in [-0.2, -0.15) is 35.8 Å². The molecule has 0 saturated carbocycles. The molecule has 0 saturated heterocycles. The highest BCUT2D eigenvalue weighted by Gasteiger charge is 2.76. The highest BCUT2D eigenvalue weighted by atomic mass is 19.4. The molecule has 0 atom stereocenters. The normalized spacial score (nSPS) is 12.8. The number of hydrogen-bond donors (Lipinski definition) is 2. The molecule has 13 heteroatoms. The Kier molecular flexibility index (Phi) is 6.26. The summed E-state index contributed by atoms with van der Waals surface area (Å²) in [5.74, 6) is -16.5. The minimum absolute atomic E-state index is 0.110. The van der Waals surface area contributed by atoms with Crippen molar-refractivity contribution in [1.82, 2.24) is 15.1 Å². The molecule has 0 radical (unpaired) electrons. The molecule has 6 nitrogen and oxygen atoms in total. The molecule has 0 unspecified atom stereocenters. The van der Waals surface area contributed by atoms with Crippen LogP contribution in [0.4, 0.5) is 36.4 Å². The predicted molar refractivity (Wildman–Crippen MR) is 75.1 cm³/mol. The molecule has 26 heavy (non-hydrogen) atoms. The molecule has 1 aromatic heterocycles. The molecule has 0 aliphatic heterocycles. The van der Waals surface area contributed by atoms with E-state index in [9.17, 15) is 40.3 Å². The number of hydrogen-bond acceptors (Lipinski definition) is 3. The fourth-order valence-electron chi connectivity index (χ4n) is 1.69. The van der Waals surface area contributed by atoms with Gasteiger partial charge in [0.05, 0.1) is 5.69 Å². The van der Waals surface area contributed by atoms with Gasteiger partial charge in [-0.05, 0) is 13.3 Å². The largest absolute Gasteiger partial charge is 0.460 e. The number of carbonyl (C=O) groups excluding carboxylic acids is 2. The summed E-state index contributed by atoms with van der Waals surface area (Å²) in [6, 6.07) is 0. The first-order valence-electron chi connectivity index (χ1n) is 7.29. The van der Waals surface area contributed by atoms with E-state index in [1.165, 1.54) is 12.2 Å². The summed E-state index contributed by atoms with van der Waals surface area (Å²) in [5.41, 5.74) is -1.32. The van der Waals surface area contributed by atoms with Crippen molar-refractivity contribution in [3.05, 3.63) is 11.9 Å². The van der Waals surface area contributed by atoms with Crippen molar-refractivity contribution in [2.75, 3.05) is 11.9 Å². The van der Waals surface area contributed by atoms with Crippen LogP contribution in [0, 0.1) is 0 Å². The van der Waals surface area contributed by atoms with Crippen molar-refractivity contribution in [2.24, 2.45) is 0 Å². The van der Waals surface area contributed by atoms with E-state index in [1.807, 2.05) is 0 Å². The van der Waals surface area contributed by atoms with Gasteiger partial charge in [-0.25, -0.2) is 0 Å². The first-order chi connectivity index (χ1) is 11.8. The minimum Gasteiger partial charge on any atom is -0.351 e. The van der Waals surface area contributed by atoms with Crippen LogP contribution in [0.15, 0.2) is 6.20 Å². The van der Waals surface area contributed by atoms with Crippen LogP contribution >= 0.6 is 0 Å². The molecule has 0 aliphatic rings. The Morgan fingerprint density at radius 3 is 2.15 bits per heavy atom. The van der Waals surface area contributed by atoms with E-state index < -0.39 is 41.2 Å². The van der Waals surface area contributed by atoms with Gasteiger partial charge in [-0.3, -0.25) is 14.3 Å². The van der Waals surface area contributed by atoms with Crippen LogP contribution in [-0.2, 0) is 11.3 Å². The molecule has 0 aromatic carbocycles. The quantitative estimate of drug-likeness (QED) is 0.701. The van der Waals surface area contributed by atoms with E-state index in [1.54, 1.807) is 6.92 Å². The van der Waals surface area contributed by atoms with E-state index in [-0.39, 0.29) is 13.1 Å². The zero-order valence-corrected chi connectivity index (χ0v) is 13.6. The number of aryl methyl sites for hydroxylation is 1. The summed E-state index contributed by atoms with van der Waals surface area (Å²) >= 11 is 0. The third-order valence-electron chi connectivity index (χ3n) is 3.12. The zero-order chi connectivity index (χ0) is 20.3. The number of carbonyl (C=O) groups is 2. The maximum Gasteiger partial charge on any atom is 0.460 e. The van der Waals surface area contributed by atoms with Crippen LogP contribution in [0.3, 0.4) is 0 Å². The Hall–Kier alpha value is -2.34. The summed E-state index contributed by atoms with van der Waals surface area (Å²) < 4.78 is 90.1. The van der Waals surface area contributed by atoms with Gasteiger partial charge in [0, 0.05) is 19.3 Å². The number of nitrogens with zero attached hydrogens (tertiary/aromatic N) is 2. The van der Waals surface area contributed by atoms with E-state index in [4.69, 9.17) is 0 Å². The van der Waals surface area contributed by atoms with Crippen molar-refractivity contribution < 1.29 is 40.3 Å². The summed E-state index contributed by atoms with van der Waals surface area (Å²) in [4.78, 5) is 23.3. The molecule has 2 amide bonds. The third kappa shape index (κ3) is 4.07. The lowest BCUT2D eigenvalue weighted by Gasteiger charge is -2.26. The lowest BCUT2D eigenvalue weighted by molar-refractivity contribution is -0.343. The molecule has 148 valence electrons. The minimum atomic E-state index is -6.65. The Bertz CT molecular complexity index is 670. The average Bonchev–Trinajstić information content (AvgIpc) is 2.94. The number of halogens is 7. The second-order valence-corrected chi connectivity index (χ2v) is 5.10. The predicted octanol–water partition coefficient (Wildman–Crippen LogP) is 2.81. The van der Waals surface area contributed by atoms with Crippen molar-refractivity contribution in [3.63, 3.8) is 0 Å². The van der Waals surface area contributed by atoms with Crippen LogP contribution in [0.5, 0.6) is 0 Å². The molecule has 2 N–H and O–H groups in total. The van der Waals surface area contributed by atoms with Gasteiger partial charge in [0.2, 0.25) is 0 Å². The number of rotatable bonds is 7. The molecule has 0 bridgehead atoms. The molecular formula is C13H15F7N4O2. The summed E-state index contributed by atoms with van der Waals surface area (Å²) in [6.07, 6.45) is -5.29. The Balaban J connectivity index is 3.16. The summed E-state index contributed by atoms with van der Waals surface area (Å²) in [5, 5.41) is 7.20. The molecule has 0 spiro atoms. The standard InChI is InChI=1S/C13H15F7N4O2/c1-3-5-21-9(25)8-7(6-24(4-2)23-8)22-10(26)11(14,15)12(16,17)13(18,19)20/h6H,3-5H2,1-2H3,(H,21,25)(H,22,26). The van der Waals surface area contributed by atoms with Gasteiger partial charge in [0.25, 0.3) is 5.91 Å². The van der Waals surface area contributed by atoms with Gasteiger partial charge in [-0.1, -0.05) is 6.92 Å². The highest BCUT2D eigenvalue weighted by molar-refractivity contribution is 6.04. The summed E-state index contributed by atoms with van der Waals surface area (Å²) in [7, 11) is 0. The van der Waals surface area contributed by atoms with Gasteiger partial charge < -0.3 is 10.6 Å². The number of nitrogens with one attached hydrogen (secondary N) is 2. The van der Waals surface area contributed by atoms with Crippen LogP contribution in [0.25, 0.3) is 0 Å². The SMILES string of the molecule is CCCNC(=O)c1nn(CC)cc1NC(=O)C(F)(F)C(F)(F)C(F)(F)F. The highest BCUT2D eigenvalue weighted by Crippen LogP contribution is 2.46. The van der Waals surface area contributed by atoms with Gasteiger partial charge in [-0.15, -0.1) is 0 Å². The Labute approximate surface area is 142 Å². The Morgan fingerprint density at radius 2 is 1.69 bits per heavy atom. The van der Waals surface area contributed by atoms with E-state index >= 15 is 0 Å². The van der Waals surface area contributed by atoms with Crippen molar-refractivity contribution in [1.29, 1.82) is 0 Å². The van der Waals surface area contributed by atoms with Crippen molar-refractivity contribution in [2.45, 2.75) is 44.8 Å².